The number of hydrogen-bond acceptors (Lipinski definition) is 2. The Bertz CT molecular complexity index is 661. The minimum absolute atomic E-state index is 0.377. The monoisotopic (exact) mass is 310 g/mol. The fraction of sp³-hybridized carbons (Fsp3) is 0.167. The Labute approximate surface area is 113 Å². The molecule has 0 aliphatic rings. The van der Waals surface area contributed by atoms with E-state index in [0.717, 1.165) is 12.1 Å². The van der Waals surface area contributed by atoms with Crippen molar-refractivity contribution in [1.82, 2.24) is 9.97 Å². The van der Waals surface area contributed by atoms with E-state index in [-0.39, 0.29) is 0 Å². The smallest absolute Gasteiger partial charge is 0.244 e. The van der Waals surface area contributed by atoms with Crippen LogP contribution in [-0.4, -0.2) is 9.97 Å². The zero-order chi connectivity index (χ0) is 15.8. The van der Waals surface area contributed by atoms with Crippen LogP contribution in [0.5, 0.6) is 0 Å². The molecule has 9 heteroatoms. The normalized spacial score (nSPS) is 12.5. The van der Waals surface area contributed by atoms with E-state index in [9.17, 15) is 30.7 Å². The molecule has 0 fully saturated rings. The van der Waals surface area contributed by atoms with Gasteiger partial charge in [0.05, 0.1) is 11.3 Å². The van der Waals surface area contributed by atoms with Crippen LogP contribution in [0.25, 0.3) is 11.3 Å². The van der Waals surface area contributed by atoms with Gasteiger partial charge in [-0.25, -0.2) is 14.4 Å². The highest BCUT2D eigenvalue weighted by Gasteiger charge is 2.38. The standard InChI is InChI=1S/C12H5F7N2/c13-9-6(2-1-3-7(9)11(14,15)16)10-8(12(17,18)19)4-20-5-21-10/h1-5H. The molecule has 1 aromatic heterocycles. The van der Waals surface area contributed by atoms with Gasteiger partial charge in [0.15, 0.2) is 0 Å². The van der Waals surface area contributed by atoms with Gasteiger partial charge in [-0.2, -0.15) is 26.3 Å². The fourth-order valence-electron chi connectivity index (χ4n) is 1.69. The summed E-state index contributed by atoms with van der Waals surface area (Å²) in [7, 11) is 0. The highest BCUT2D eigenvalue weighted by Crippen LogP contribution is 2.39. The van der Waals surface area contributed by atoms with Crippen LogP contribution in [0, 0.1) is 5.82 Å². The molecule has 2 nitrogen and oxygen atoms in total. The second-order valence-corrected chi connectivity index (χ2v) is 3.95. The minimum Gasteiger partial charge on any atom is -0.244 e. The molecule has 2 aromatic rings. The van der Waals surface area contributed by atoms with Crippen molar-refractivity contribution in [3.05, 3.63) is 47.7 Å². The molecule has 112 valence electrons. The Morgan fingerprint density at radius 1 is 0.857 bits per heavy atom. The van der Waals surface area contributed by atoms with Crippen LogP contribution < -0.4 is 0 Å². The van der Waals surface area contributed by atoms with Gasteiger partial charge in [0.1, 0.15) is 17.7 Å². The van der Waals surface area contributed by atoms with Crippen molar-refractivity contribution in [2.24, 2.45) is 0 Å². The van der Waals surface area contributed by atoms with Crippen molar-refractivity contribution < 1.29 is 30.7 Å². The van der Waals surface area contributed by atoms with E-state index in [1.54, 1.807) is 0 Å². The molecule has 21 heavy (non-hydrogen) atoms. The molecule has 0 unspecified atom stereocenters. The molecule has 0 saturated heterocycles. The SMILES string of the molecule is Fc1c(-c2ncncc2C(F)(F)F)cccc1C(F)(F)F. The van der Waals surface area contributed by atoms with E-state index in [2.05, 4.69) is 9.97 Å². The van der Waals surface area contributed by atoms with E-state index >= 15 is 0 Å². The number of nitrogens with zero attached hydrogens (tertiary/aromatic N) is 2. The number of hydrogen-bond donors (Lipinski definition) is 0. The summed E-state index contributed by atoms with van der Waals surface area (Å²) in [4.78, 5) is 6.42. The first-order valence-corrected chi connectivity index (χ1v) is 5.35. The second kappa shape index (κ2) is 4.97. The molecule has 0 bridgehead atoms. The van der Waals surface area contributed by atoms with E-state index < -0.39 is 40.6 Å². The average Bonchev–Trinajstić information content (AvgIpc) is 2.36. The predicted molar refractivity (Wildman–Crippen MR) is 57.4 cm³/mol. The summed E-state index contributed by atoms with van der Waals surface area (Å²) in [5.74, 6) is -1.81. The van der Waals surface area contributed by atoms with Gasteiger partial charge in [0.2, 0.25) is 0 Å². The lowest BCUT2D eigenvalue weighted by Crippen LogP contribution is -2.12. The lowest BCUT2D eigenvalue weighted by atomic mass is 10.0. The Kier molecular flexibility index (Phi) is 3.60. The predicted octanol–water partition coefficient (Wildman–Crippen LogP) is 4.32. The number of alkyl halides is 6. The van der Waals surface area contributed by atoms with Crippen LogP contribution >= 0.6 is 0 Å². The molecule has 0 amide bonds. The van der Waals surface area contributed by atoms with Gasteiger partial charge < -0.3 is 0 Å². The zero-order valence-electron chi connectivity index (χ0n) is 9.93. The minimum atomic E-state index is -5.02. The quantitative estimate of drug-likeness (QED) is 0.733. The number of halogens is 7. The molecular formula is C12H5F7N2. The van der Waals surface area contributed by atoms with Crippen molar-refractivity contribution in [3.8, 4) is 11.3 Å². The van der Waals surface area contributed by atoms with E-state index in [0.29, 0.717) is 18.6 Å². The van der Waals surface area contributed by atoms with E-state index in [1.807, 2.05) is 0 Å². The van der Waals surface area contributed by atoms with Gasteiger partial charge in [0, 0.05) is 11.8 Å². The third kappa shape index (κ3) is 2.96. The van der Waals surface area contributed by atoms with Gasteiger partial charge in [-0.15, -0.1) is 0 Å². The third-order valence-electron chi connectivity index (χ3n) is 2.58. The molecule has 2 rings (SSSR count). The van der Waals surface area contributed by atoms with Crippen LogP contribution in [0.15, 0.2) is 30.7 Å². The van der Waals surface area contributed by atoms with Crippen molar-refractivity contribution in [1.29, 1.82) is 0 Å². The van der Waals surface area contributed by atoms with Gasteiger partial charge in [-0.1, -0.05) is 6.07 Å². The van der Waals surface area contributed by atoms with Gasteiger partial charge in [-0.3, -0.25) is 0 Å². The maximum Gasteiger partial charge on any atom is 0.419 e. The van der Waals surface area contributed by atoms with Crippen molar-refractivity contribution in [3.63, 3.8) is 0 Å². The van der Waals surface area contributed by atoms with Crippen LogP contribution in [0.4, 0.5) is 30.7 Å². The summed E-state index contributed by atoms with van der Waals surface area (Å²) in [6.07, 6.45) is -8.87. The molecule has 0 spiro atoms. The summed E-state index contributed by atoms with van der Waals surface area (Å²) < 4.78 is 90.0. The zero-order valence-corrected chi connectivity index (χ0v) is 9.93. The second-order valence-electron chi connectivity index (χ2n) is 3.95. The van der Waals surface area contributed by atoms with Crippen molar-refractivity contribution in [2.45, 2.75) is 12.4 Å². The first kappa shape index (κ1) is 15.2. The molecule has 0 aliphatic heterocycles. The number of rotatable bonds is 1. The lowest BCUT2D eigenvalue weighted by Gasteiger charge is -2.14. The summed E-state index contributed by atoms with van der Waals surface area (Å²) in [5, 5.41) is 0. The summed E-state index contributed by atoms with van der Waals surface area (Å²) in [5.41, 5.74) is -4.91. The largest absolute Gasteiger partial charge is 0.419 e. The van der Waals surface area contributed by atoms with E-state index in [1.165, 1.54) is 0 Å². The van der Waals surface area contributed by atoms with Crippen LogP contribution in [0.1, 0.15) is 11.1 Å². The topological polar surface area (TPSA) is 25.8 Å². The molecule has 0 aliphatic carbocycles. The molecule has 0 radical (unpaired) electrons. The first-order valence-electron chi connectivity index (χ1n) is 5.35. The van der Waals surface area contributed by atoms with Gasteiger partial charge in [0.25, 0.3) is 0 Å². The highest BCUT2D eigenvalue weighted by atomic mass is 19.4. The number of benzene rings is 1. The van der Waals surface area contributed by atoms with Crippen LogP contribution in [0.3, 0.4) is 0 Å². The molecule has 0 atom stereocenters. The third-order valence-corrected chi connectivity index (χ3v) is 2.58. The molecule has 0 N–H and O–H groups in total. The summed E-state index contributed by atoms with van der Waals surface area (Å²) in [6, 6.07) is 2.04. The van der Waals surface area contributed by atoms with E-state index in [4.69, 9.17) is 0 Å². The first-order chi connectivity index (χ1) is 9.62. The maximum atomic E-state index is 13.9. The fourth-order valence-corrected chi connectivity index (χ4v) is 1.69. The average molecular weight is 310 g/mol. The van der Waals surface area contributed by atoms with Crippen LogP contribution in [-0.2, 0) is 12.4 Å². The Morgan fingerprint density at radius 3 is 2.05 bits per heavy atom. The molecular weight excluding hydrogens is 305 g/mol. The Hall–Kier alpha value is -2.19. The highest BCUT2D eigenvalue weighted by molar-refractivity contribution is 5.65. The summed E-state index contributed by atoms with van der Waals surface area (Å²) >= 11 is 0. The Morgan fingerprint density at radius 2 is 1.48 bits per heavy atom. The lowest BCUT2D eigenvalue weighted by molar-refractivity contribution is -0.139. The maximum absolute atomic E-state index is 13.9. The Balaban J connectivity index is 2.70. The molecule has 0 saturated carbocycles. The number of aromatic nitrogens is 2. The van der Waals surface area contributed by atoms with Gasteiger partial charge in [-0.05, 0) is 12.1 Å². The summed E-state index contributed by atoms with van der Waals surface area (Å²) in [6.45, 7) is 0. The van der Waals surface area contributed by atoms with Crippen molar-refractivity contribution in [2.75, 3.05) is 0 Å². The van der Waals surface area contributed by atoms with Crippen molar-refractivity contribution >= 4 is 0 Å². The van der Waals surface area contributed by atoms with Crippen LogP contribution in [0.2, 0.25) is 0 Å². The van der Waals surface area contributed by atoms with Gasteiger partial charge >= 0.3 is 12.4 Å². The molecule has 1 aromatic carbocycles. The molecule has 1 heterocycles.